The third-order valence-corrected chi connectivity index (χ3v) is 4.38. The minimum atomic E-state index is 0.141. The molecular weight excluding hydrogens is 464 g/mol. The van der Waals surface area contributed by atoms with Crippen molar-refractivity contribution in [1.82, 2.24) is 0 Å². The molecule has 0 saturated carbocycles. The first-order valence-corrected chi connectivity index (χ1v) is 6.83. The van der Waals surface area contributed by atoms with E-state index in [0.717, 1.165) is 13.2 Å². The van der Waals surface area contributed by atoms with Gasteiger partial charge in [0.25, 0.3) is 0 Å². The molecule has 0 amide bonds. The Kier molecular flexibility index (Phi) is 5.91. The fraction of sp³-hybridized carbons (Fsp3) is 0.250. The van der Waals surface area contributed by atoms with Crippen LogP contribution in [0.2, 0.25) is 0 Å². The van der Waals surface area contributed by atoms with E-state index in [1.807, 2.05) is 0 Å². The van der Waals surface area contributed by atoms with E-state index < -0.39 is 0 Å². The second-order valence-electron chi connectivity index (χ2n) is 2.52. The third kappa shape index (κ3) is 4.22. The Morgan fingerprint density at radius 2 is 1.73 bits per heavy atom. The highest BCUT2D eigenvalue weighted by Crippen LogP contribution is 2.44. The number of halogens is 4. The molecule has 3 nitrogen and oxygen atoms in total. The van der Waals surface area contributed by atoms with Gasteiger partial charge in [0.05, 0.1) is 26.6 Å². The highest BCUT2D eigenvalue weighted by atomic mass is 79.9. The molecular formula is C8H6Br4O3. The number of hydrogen-bond donors (Lipinski definition) is 1. The van der Waals surface area contributed by atoms with Crippen LogP contribution in [-0.2, 0) is 4.74 Å². The van der Waals surface area contributed by atoms with Crippen molar-refractivity contribution in [3.63, 3.8) is 0 Å². The molecule has 1 N–H and O–H groups in total. The minimum Gasteiger partial charge on any atom is -0.507 e. The maximum atomic E-state index is 9.32. The summed E-state index contributed by atoms with van der Waals surface area (Å²) < 4.78 is 11.2. The molecule has 0 bridgehead atoms. The Labute approximate surface area is 121 Å². The molecule has 0 radical (unpaired) electrons. The van der Waals surface area contributed by atoms with Crippen LogP contribution in [-0.4, -0.2) is 18.3 Å². The molecule has 1 aliphatic rings. The van der Waals surface area contributed by atoms with Crippen LogP contribution in [0.1, 0.15) is 0 Å². The molecule has 0 aliphatic carbocycles. The fourth-order valence-corrected chi connectivity index (χ4v) is 2.96. The van der Waals surface area contributed by atoms with Crippen molar-refractivity contribution in [2.45, 2.75) is 0 Å². The van der Waals surface area contributed by atoms with E-state index >= 15 is 0 Å². The highest BCUT2D eigenvalue weighted by molar-refractivity contribution is 9.13. The normalized spacial score (nSPS) is 12.8. The Morgan fingerprint density at radius 1 is 1.20 bits per heavy atom. The molecule has 1 fully saturated rings. The summed E-state index contributed by atoms with van der Waals surface area (Å²) in [5, 5.41) is 9.32. The monoisotopic (exact) mass is 466 g/mol. The first kappa shape index (κ1) is 13.8. The van der Waals surface area contributed by atoms with Crippen LogP contribution in [0.5, 0.6) is 11.5 Å². The fourth-order valence-electron chi connectivity index (χ4n) is 0.637. The lowest BCUT2D eigenvalue weighted by molar-refractivity contribution is 0.469. The molecule has 1 aromatic carbocycles. The predicted molar refractivity (Wildman–Crippen MR) is 71.6 cm³/mol. The van der Waals surface area contributed by atoms with Crippen molar-refractivity contribution >= 4 is 64.0 Å². The Hall–Kier alpha value is 0.700. The molecule has 2 rings (SSSR count). The molecule has 0 spiro atoms. The van der Waals surface area contributed by atoms with Gasteiger partial charge in [0.2, 0.25) is 0 Å². The quantitative estimate of drug-likeness (QED) is 0.490. The van der Waals surface area contributed by atoms with E-state index in [2.05, 4.69) is 68.8 Å². The molecule has 1 saturated heterocycles. The van der Waals surface area contributed by atoms with E-state index in [9.17, 15) is 5.11 Å². The summed E-state index contributed by atoms with van der Waals surface area (Å²) in [4.78, 5) is 0. The van der Waals surface area contributed by atoms with Crippen molar-refractivity contribution in [3.05, 3.63) is 19.5 Å². The summed E-state index contributed by atoms with van der Waals surface area (Å²) in [5.74, 6) is 0.710. The number of rotatable bonds is 1. The van der Waals surface area contributed by atoms with Crippen molar-refractivity contribution in [2.24, 2.45) is 0 Å². The van der Waals surface area contributed by atoms with Crippen molar-refractivity contribution in [2.75, 3.05) is 13.2 Å². The van der Waals surface area contributed by atoms with Crippen molar-refractivity contribution in [3.8, 4) is 11.5 Å². The van der Waals surface area contributed by atoms with Gasteiger partial charge in [0.15, 0.2) is 22.0 Å². The zero-order valence-corrected chi connectivity index (χ0v) is 13.6. The van der Waals surface area contributed by atoms with Crippen LogP contribution in [0.15, 0.2) is 19.5 Å². The summed E-state index contributed by atoms with van der Waals surface area (Å²) in [6.07, 6.45) is 0. The number of phenols is 1. The Balaban J connectivity index is 0.000000319. The lowest BCUT2D eigenvalue weighted by Gasteiger charge is -2.06. The molecule has 1 aliphatic heterocycles. The number of phenolic OH excluding ortho intramolecular Hbond substituents is 1. The summed E-state index contributed by atoms with van der Waals surface area (Å²) >= 11 is 12.5. The average molecular weight is 470 g/mol. The van der Waals surface area contributed by atoms with Gasteiger partial charge in [-0.1, -0.05) is 0 Å². The van der Waals surface area contributed by atoms with Crippen molar-refractivity contribution in [1.29, 1.82) is 0 Å². The summed E-state index contributed by atoms with van der Waals surface area (Å²) in [5.41, 5.74) is 0. The zero-order chi connectivity index (χ0) is 11.4. The lowest BCUT2D eigenvalue weighted by atomic mass is 10.3. The topological polar surface area (TPSA) is 42.0 Å². The van der Waals surface area contributed by atoms with Gasteiger partial charge in [-0.3, -0.25) is 0 Å². The van der Waals surface area contributed by atoms with Gasteiger partial charge >= 0.3 is 0 Å². The zero-order valence-electron chi connectivity index (χ0n) is 7.27. The first-order chi connectivity index (χ1) is 7.07. The first-order valence-electron chi connectivity index (χ1n) is 3.80. The van der Waals surface area contributed by atoms with Gasteiger partial charge < -0.3 is 13.7 Å². The standard InChI is InChI=1S/C6H2Br4O2.C2H4O/c7-2-1-3(11)4(8)5(9)6(2)12-10;1-2-3-1/h1,11H;1-2H2. The second-order valence-corrected chi connectivity index (χ2v) is 5.29. The third-order valence-electron chi connectivity index (χ3n) is 1.38. The van der Waals surface area contributed by atoms with Gasteiger partial charge in [0.1, 0.15) is 5.75 Å². The summed E-state index contributed by atoms with van der Waals surface area (Å²) in [7, 11) is 0. The van der Waals surface area contributed by atoms with Gasteiger partial charge in [-0.2, -0.15) is 0 Å². The molecule has 84 valence electrons. The lowest BCUT2D eigenvalue weighted by Crippen LogP contribution is -1.81. The minimum absolute atomic E-state index is 0.141. The highest BCUT2D eigenvalue weighted by Gasteiger charge is 2.13. The molecule has 0 aromatic heterocycles. The molecule has 7 heteroatoms. The maximum absolute atomic E-state index is 9.32. The van der Waals surface area contributed by atoms with Crippen LogP contribution >= 0.6 is 64.0 Å². The second kappa shape index (κ2) is 6.44. The average Bonchev–Trinajstić information content (AvgIpc) is 3.02. The number of ether oxygens (including phenoxy) is 1. The number of benzene rings is 1. The molecule has 1 heterocycles. The summed E-state index contributed by atoms with van der Waals surface area (Å²) in [6.45, 7) is 2.00. The van der Waals surface area contributed by atoms with Crippen LogP contribution in [0.3, 0.4) is 0 Å². The SMILES string of the molecule is C1CO1.Oc1cc(Br)c(OBr)c(Br)c1Br. The predicted octanol–water partition coefficient (Wildman–Crippen LogP) is 4.39. The summed E-state index contributed by atoms with van der Waals surface area (Å²) in [6, 6.07) is 1.53. The number of aromatic hydroxyl groups is 1. The van der Waals surface area contributed by atoms with Gasteiger partial charge in [0, 0.05) is 0 Å². The van der Waals surface area contributed by atoms with E-state index in [0.29, 0.717) is 19.2 Å². The smallest absolute Gasteiger partial charge is 0.179 e. The molecule has 0 unspecified atom stereocenters. The van der Waals surface area contributed by atoms with Gasteiger partial charge in [-0.15, -0.1) is 0 Å². The van der Waals surface area contributed by atoms with Crippen LogP contribution in [0, 0.1) is 0 Å². The number of epoxide rings is 1. The molecule has 15 heavy (non-hydrogen) atoms. The van der Waals surface area contributed by atoms with E-state index in [1.165, 1.54) is 6.07 Å². The molecule has 0 atom stereocenters. The van der Waals surface area contributed by atoms with Gasteiger partial charge in [-0.05, 0) is 53.9 Å². The maximum Gasteiger partial charge on any atom is 0.179 e. The van der Waals surface area contributed by atoms with Gasteiger partial charge in [-0.25, -0.2) is 0 Å². The van der Waals surface area contributed by atoms with E-state index in [1.54, 1.807) is 0 Å². The van der Waals surface area contributed by atoms with E-state index in [4.69, 9.17) is 3.83 Å². The van der Waals surface area contributed by atoms with E-state index in [-0.39, 0.29) is 5.75 Å². The van der Waals surface area contributed by atoms with Crippen molar-refractivity contribution < 1.29 is 13.7 Å². The Morgan fingerprint density at radius 3 is 2.13 bits per heavy atom. The van der Waals surface area contributed by atoms with Crippen LogP contribution in [0.4, 0.5) is 0 Å². The molecule has 1 aromatic rings. The number of hydrogen-bond acceptors (Lipinski definition) is 3. The largest absolute Gasteiger partial charge is 0.507 e. The van der Waals surface area contributed by atoms with Crippen LogP contribution in [0.25, 0.3) is 0 Å². The Bertz CT molecular complexity index is 351. The van der Waals surface area contributed by atoms with Crippen LogP contribution < -0.4 is 3.83 Å².